The van der Waals surface area contributed by atoms with Gasteiger partial charge in [0.25, 0.3) is 11.6 Å². The maximum Gasteiger partial charge on any atom is 0.293 e. The molecule has 1 aliphatic rings. The number of ether oxygens (including phenoxy) is 1. The second-order valence-corrected chi connectivity index (χ2v) is 8.07. The second kappa shape index (κ2) is 10.1. The Morgan fingerprint density at radius 3 is 2.59 bits per heavy atom. The van der Waals surface area contributed by atoms with Crippen molar-refractivity contribution in [3.05, 3.63) is 58.1 Å². The van der Waals surface area contributed by atoms with Gasteiger partial charge in [-0.2, -0.15) is 0 Å². The summed E-state index contributed by atoms with van der Waals surface area (Å²) in [5.74, 6) is 0.348. The van der Waals surface area contributed by atoms with E-state index in [-0.39, 0.29) is 23.7 Å². The molecule has 2 amide bonds. The van der Waals surface area contributed by atoms with Crippen molar-refractivity contribution < 1.29 is 19.2 Å². The number of amides is 2. The highest BCUT2D eigenvalue weighted by Crippen LogP contribution is 2.32. The maximum absolute atomic E-state index is 12.8. The number of nitro groups is 1. The molecule has 170 valence electrons. The van der Waals surface area contributed by atoms with E-state index in [0.717, 1.165) is 25.9 Å². The fraction of sp³-hybridized carbons (Fsp3) is 0.391. The summed E-state index contributed by atoms with van der Waals surface area (Å²) in [6.45, 7) is 3.47. The Labute approximate surface area is 187 Å². The molecule has 1 N–H and O–H groups in total. The predicted molar refractivity (Wildman–Crippen MR) is 122 cm³/mol. The topological polar surface area (TPSA) is 105 Å². The molecule has 9 heteroatoms. The first-order valence-corrected chi connectivity index (χ1v) is 10.5. The van der Waals surface area contributed by atoms with E-state index in [2.05, 4.69) is 12.2 Å². The number of anilines is 2. The van der Waals surface area contributed by atoms with Gasteiger partial charge in [-0.05, 0) is 43.0 Å². The van der Waals surface area contributed by atoms with Gasteiger partial charge in [0.1, 0.15) is 11.4 Å². The van der Waals surface area contributed by atoms with Crippen LogP contribution in [0.4, 0.5) is 17.1 Å². The van der Waals surface area contributed by atoms with E-state index in [1.165, 1.54) is 25.1 Å². The molecule has 0 aliphatic carbocycles. The number of methoxy groups -OCH3 is 1. The van der Waals surface area contributed by atoms with Crippen molar-refractivity contribution in [2.24, 2.45) is 5.92 Å². The molecule has 1 heterocycles. The van der Waals surface area contributed by atoms with Crippen LogP contribution in [-0.4, -0.2) is 55.4 Å². The summed E-state index contributed by atoms with van der Waals surface area (Å²) in [5.41, 5.74) is 1.14. The van der Waals surface area contributed by atoms with Crippen LogP contribution in [0, 0.1) is 16.0 Å². The van der Waals surface area contributed by atoms with Crippen LogP contribution in [-0.2, 0) is 4.79 Å². The minimum absolute atomic E-state index is 0.0976. The van der Waals surface area contributed by atoms with Gasteiger partial charge in [-0.15, -0.1) is 0 Å². The Balaban J connectivity index is 1.69. The van der Waals surface area contributed by atoms with Gasteiger partial charge in [-0.25, -0.2) is 0 Å². The molecule has 0 aromatic heterocycles. The van der Waals surface area contributed by atoms with Crippen LogP contribution in [0.3, 0.4) is 0 Å². The SMILES string of the molecule is COc1cccc(NC(=O)CN(C)C(=O)c2ccc(N3CCC(C)CC3)c([N+](=O)[O-])c2)c1. The first-order valence-electron chi connectivity index (χ1n) is 10.5. The number of benzene rings is 2. The molecule has 3 rings (SSSR count). The predicted octanol–water partition coefficient (Wildman–Crippen LogP) is 3.55. The minimum Gasteiger partial charge on any atom is -0.497 e. The van der Waals surface area contributed by atoms with Crippen LogP contribution >= 0.6 is 0 Å². The lowest BCUT2D eigenvalue weighted by molar-refractivity contribution is -0.384. The second-order valence-electron chi connectivity index (χ2n) is 8.07. The lowest BCUT2D eigenvalue weighted by atomic mass is 9.98. The van der Waals surface area contributed by atoms with Crippen LogP contribution in [0.1, 0.15) is 30.1 Å². The van der Waals surface area contributed by atoms with Crippen molar-refractivity contribution in [2.75, 3.05) is 44.0 Å². The summed E-state index contributed by atoms with van der Waals surface area (Å²) in [6, 6.07) is 11.4. The third-order valence-corrected chi connectivity index (χ3v) is 5.62. The van der Waals surface area contributed by atoms with Crippen molar-refractivity contribution in [2.45, 2.75) is 19.8 Å². The van der Waals surface area contributed by atoms with Gasteiger partial charge < -0.3 is 19.9 Å². The summed E-state index contributed by atoms with van der Waals surface area (Å²) in [5, 5.41) is 14.4. The molecule has 2 aromatic rings. The zero-order valence-corrected chi connectivity index (χ0v) is 18.5. The van der Waals surface area contributed by atoms with Crippen molar-refractivity contribution in [3.8, 4) is 5.75 Å². The molecular formula is C23H28N4O5. The molecule has 9 nitrogen and oxygen atoms in total. The Hall–Kier alpha value is -3.62. The highest BCUT2D eigenvalue weighted by Gasteiger charge is 2.26. The number of hydrogen-bond acceptors (Lipinski definition) is 6. The molecule has 0 unspecified atom stereocenters. The molecule has 0 saturated carbocycles. The van der Waals surface area contributed by atoms with Crippen LogP contribution in [0.25, 0.3) is 0 Å². The highest BCUT2D eigenvalue weighted by atomic mass is 16.6. The molecule has 0 radical (unpaired) electrons. The van der Waals surface area contributed by atoms with Gasteiger partial charge in [-0.3, -0.25) is 19.7 Å². The van der Waals surface area contributed by atoms with E-state index in [1.807, 2.05) is 4.90 Å². The molecule has 32 heavy (non-hydrogen) atoms. The van der Waals surface area contributed by atoms with Crippen molar-refractivity contribution in [3.63, 3.8) is 0 Å². The Bertz CT molecular complexity index is 1000. The zero-order valence-electron chi connectivity index (χ0n) is 18.5. The Morgan fingerprint density at radius 2 is 1.94 bits per heavy atom. The van der Waals surface area contributed by atoms with Gasteiger partial charge in [-0.1, -0.05) is 13.0 Å². The van der Waals surface area contributed by atoms with Gasteiger partial charge in [0.15, 0.2) is 0 Å². The number of carbonyl (C=O) groups excluding carboxylic acids is 2. The van der Waals surface area contributed by atoms with E-state index in [1.54, 1.807) is 36.4 Å². The molecule has 0 spiro atoms. The van der Waals surface area contributed by atoms with E-state index >= 15 is 0 Å². The van der Waals surface area contributed by atoms with Crippen LogP contribution in [0.5, 0.6) is 5.75 Å². The molecule has 2 aromatic carbocycles. The lowest BCUT2D eigenvalue weighted by Gasteiger charge is -2.31. The number of piperidine rings is 1. The van der Waals surface area contributed by atoms with E-state index in [0.29, 0.717) is 23.0 Å². The molecule has 0 atom stereocenters. The average Bonchev–Trinajstić information content (AvgIpc) is 2.78. The number of nitrogens with one attached hydrogen (secondary N) is 1. The van der Waals surface area contributed by atoms with Crippen molar-refractivity contribution >= 4 is 28.9 Å². The quantitative estimate of drug-likeness (QED) is 0.521. The largest absolute Gasteiger partial charge is 0.497 e. The molecule has 1 saturated heterocycles. The number of carbonyl (C=O) groups is 2. The molecular weight excluding hydrogens is 412 g/mol. The monoisotopic (exact) mass is 440 g/mol. The lowest BCUT2D eigenvalue weighted by Crippen LogP contribution is -2.35. The van der Waals surface area contributed by atoms with E-state index in [9.17, 15) is 19.7 Å². The minimum atomic E-state index is -0.465. The standard InChI is InChI=1S/C23H28N4O5/c1-16-9-11-26(12-10-16)20-8-7-17(13-21(20)27(30)31)23(29)25(2)15-22(28)24-18-5-4-6-19(14-18)32-3/h4-8,13-14,16H,9-12,15H2,1-3H3,(H,24,28). The third-order valence-electron chi connectivity index (χ3n) is 5.62. The fourth-order valence-electron chi connectivity index (χ4n) is 3.73. The van der Waals surface area contributed by atoms with E-state index < -0.39 is 10.8 Å². The molecule has 1 aliphatic heterocycles. The number of hydrogen-bond donors (Lipinski definition) is 1. The Morgan fingerprint density at radius 1 is 1.22 bits per heavy atom. The highest BCUT2D eigenvalue weighted by molar-refractivity contribution is 6.00. The number of likely N-dealkylation sites (N-methyl/N-ethyl adjacent to an activating group) is 1. The van der Waals surface area contributed by atoms with E-state index in [4.69, 9.17) is 4.74 Å². The smallest absolute Gasteiger partial charge is 0.293 e. The van der Waals surface area contributed by atoms with Gasteiger partial charge in [0.05, 0.1) is 18.6 Å². The number of nitrogens with zero attached hydrogens (tertiary/aromatic N) is 3. The normalized spacial score (nSPS) is 14.0. The summed E-state index contributed by atoms with van der Waals surface area (Å²) in [4.78, 5) is 39.6. The van der Waals surface area contributed by atoms with Crippen LogP contribution in [0.2, 0.25) is 0 Å². The first kappa shape index (κ1) is 23.1. The fourth-order valence-corrected chi connectivity index (χ4v) is 3.73. The number of nitro benzene ring substituents is 1. The van der Waals surface area contributed by atoms with Gasteiger partial charge in [0, 0.05) is 43.5 Å². The van der Waals surface area contributed by atoms with Crippen LogP contribution in [0.15, 0.2) is 42.5 Å². The average molecular weight is 441 g/mol. The van der Waals surface area contributed by atoms with Gasteiger partial charge >= 0.3 is 0 Å². The first-order chi connectivity index (χ1) is 15.3. The summed E-state index contributed by atoms with van der Waals surface area (Å²) in [6.07, 6.45) is 1.95. The molecule has 0 bridgehead atoms. The van der Waals surface area contributed by atoms with Gasteiger partial charge in [0.2, 0.25) is 5.91 Å². The van der Waals surface area contributed by atoms with Crippen molar-refractivity contribution in [1.29, 1.82) is 0 Å². The summed E-state index contributed by atoms with van der Waals surface area (Å²) < 4.78 is 5.13. The summed E-state index contributed by atoms with van der Waals surface area (Å²) >= 11 is 0. The third kappa shape index (κ3) is 5.54. The zero-order chi connectivity index (χ0) is 23.3. The van der Waals surface area contributed by atoms with Crippen molar-refractivity contribution in [1.82, 2.24) is 4.90 Å². The summed E-state index contributed by atoms with van der Waals surface area (Å²) in [7, 11) is 3.02. The van der Waals surface area contributed by atoms with Crippen LogP contribution < -0.4 is 15.0 Å². The maximum atomic E-state index is 12.8. The Kier molecular flexibility index (Phi) is 7.29. The number of rotatable bonds is 7. The molecule has 1 fully saturated rings.